The molecule has 0 aliphatic carbocycles. The summed E-state index contributed by atoms with van der Waals surface area (Å²) in [5.74, 6) is -0.691. The van der Waals surface area contributed by atoms with Crippen molar-refractivity contribution in [3.63, 3.8) is 0 Å². The van der Waals surface area contributed by atoms with Gasteiger partial charge in [0.25, 0.3) is 5.91 Å². The smallest absolute Gasteiger partial charge is 0.254 e. The molecular weight excluding hydrogens is 339 g/mol. The molecule has 0 radical (unpaired) electrons. The molecule has 4 rings (SSSR count). The molecule has 3 heterocycles. The maximum atomic E-state index is 13.5. The van der Waals surface area contributed by atoms with E-state index in [0.717, 1.165) is 0 Å². The number of nitrogens with one attached hydrogen (secondary N) is 1. The number of nitrogens with zero attached hydrogens (tertiary/aromatic N) is 1. The van der Waals surface area contributed by atoms with E-state index in [1.807, 2.05) is 0 Å². The first-order valence-corrected chi connectivity index (χ1v) is 8.62. The first-order chi connectivity index (χ1) is 12.6. The number of benzene rings is 1. The molecule has 6 nitrogen and oxygen atoms in total. The Bertz CT molecular complexity index is 808. The van der Waals surface area contributed by atoms with Gasteiger partial charge in [0, 0.05) is 18.7 Å². The highest BCUT2D eigenvalue weighted by molar-refractivity contribution is 5.95. The number of halogens is 1. The minimum atomic E-state index is -0.456. The Hall–Kier alpha value is -2.67. The van der Waals surface area contributed by atoms with Crippen LogP contribution in [0.5, 0.6) is 0 Å². The van der Waals surface area contributed by atoms with E-state index in [2.05, 4.69) is 5.32 Å². The van der Waals surface area contributed by atoms with E-state index >= 15 is 0 Å². The quantitative estimate of drug-likeness (QED) is 0.907. The average Bonchev–Trinajstić information content (AvgIpc) is 3.36. The standard InChI is InChI=1S/C19H19FN2O4/c20-13-4-1-3-12(9-13)19(24)22-11-15(17-16(22)6-8-26-17)18(23)21-10-14-5-2-7-25-14/h1-5,7,9,15-17H,6,8,10-11H2,(H,21,23)/t15-,16-,17-/m1/s1. The third kappa shape index (κ3) is 3.10. The number of hydrogen-bond donors (Lipinski definition) is 1. The minimum Gasteiger partial charge on any atom is -0.467 e. The van der Waals surface area contributed by atoms with E-state index in [1.165, 1.54) is 18.2 Å². The summed E-state index contributed by atoms with van der Waals surface area (Å²) in [5, 5.41) is 2.84. The molecule has 2 fully saturated rings. The Balaban J connectivity index is 1.48. The van der Waals surface area contributed by atoms with E-state index in [0.29, 0.717) is 18.8 Å². The summed E-state index contributed by atoms with van der Waals surface area (Å²) < 4.78 is 24.4. The highest BCUT2D eigenvalue weighted by atomic mass is 19.1. The summed E-state index contributed by atoms with van der Waals surface area (Å²) >= 11 is 0. The molecule has 3 atom stereocenters. The zero-order chi connectivity index (χ0) is 18.1. The molecule has 26 heavy (non-hydrogen) atoms. The SMILES string of the molecule is O=C(NCc1ccco1)[C@@H]1CN(C(=O)c2cccc(F)c2)[C@@H]2CCO[C@@H]21. The molecule has 1 aromatic heterocycles. The largest absolute Gasteiger partial charge is 0.467 e. The molecule has 0 saturated carbocycles. The van der Waals surface area contributed by atoms with Crippen LogP contribution in [0.4, 0.5) is 4.39 Å². The second kappa shape index (κ2) is 6.92. The number of furan rings is 1. The van der Waals surface area contributed by atoms with E-state index < -0.39 is 11.7 Å². The predicted molar refractivity (Wildman–Crippen MR) is 89.6 cm³/mol. The van der Waals surface area contributed by atoms with E-state index in [4.69, 9.17) is 9.15 Å². The first kappa shape index (κ1) is 16.8. The number of hydrogen-bond acceptors (Lipinski definition) is 4. The highest BCUT2D eigenvalue weighted by Crippen LogP contribution is 2.34. The van der Waals surface area contributed by atoms with Crippen LogP contribution in [0.15, 0.2) is 47.1 Å². The molecule has 2 saturated heterocycles. The van der Waals surface area contributed by atoms with Gasteiger partial charge in [-0.2, -0.15) is 0 Å². The summed E-state index contributed by atoms with van der Waals surface area (Å²) in [4.78, 5) is 27.1. The fraction of sp³-hybridized carbons (Fsp3) is 0.368. The van der Waals surface area contributed by atoms with Gasteiger partial charge in [-0.1, -0.05) is 6.07 Å². The van der Waals surface area contributed by atoms with Gasteiger partial charge in [-0.25, -0.2) is 4.39 Å². The van der Waals surface area contributed by atoms with Gasteiger partial charge in [-0.3, -0.25) is 9.59 Å². The number of carbonyl (C=O) groups is 2. The van der Waals surface area contributed by atoms with Crippen molar-refractivity contribution in [2.24, 2.45) is 5.92 Å². The van der Waals surface area contributed by atoms with E-state index in [9.17, 15) is 14.0 Å². The molecule has 2 aliphatic rings. The van der Waals surface area contributed by atoms with Crippen LogP contribution < -0.4 is 5.32 Å². The van der Waals surface area contributed by atoms with Crippen molar-refractivity contribution in [3.8, 4) is 0 Å². The molecule has 1 aromatic carbocycles. The summed E-state index contributed by atoms with van der Waals surface area (Å²) in [6.45, 7) is 1.05. The molecule has 2 amide bonds. The van der Waals surface area contributed by atoms with E-state index in [-0.39, 0.29) is 42.6 Å². The van der Waals surface area contributed by atoms with Gasteiger partial charge in [-0.05, 0) is 36.8 Å². The Labute approximate surface area is 149 Å². The fourth-order valence-corrected chi connectivity index (χ4v) is 3.74. The van der Waals surface area contributed by atoms with Crippen LogP contribution >= 0.6 is 0 Å². The van der Waals surface area contributed by atoms with Crippen molar-refractivity contribution in [2.75, 3.05) is 13.2 Å². The molecule has 7 heteroatoms. The zero-order valence-electron chi connectivity index (χ0n) is 14.1. The summed E-state index contributed by atoms with van der Waals surface area (Å²) in [6.07, 6.45) is 1.89. The lowest BCUT2D eigenvalue weighted by molar-refractivity contribution is -0.127. The molecular formula is C19H19FN2O4. The van der Waals surface area contributed by atoms with E-state index in [1.54, 1.807) is 29.4 Å². The molecule has 2 aromatic rings. The maximum Gasteiger partial charge on any atom is 0.254 e. The zero-order valence-corrected chi connectivity index (χ0v) is 14.1. The van der Waals surface area contributed by atoms with Crippen molar-refractivity contribution in [1.82, 2.24) is 10.2 Å². The van der Waals surface area contributed by atoms with Crippen molar-refractivity contribution < 1.29 is 23.1 Å². The maximum absolute atomic E-state index is 13.5. The normalized spacial score (nSPS) is 24.5. The average molecular weight is 358 g/mol. The lowest BCUT2D eigenvalue weighted by Gasteiger charge is -2.22. The number of rotatable bonds is 4. The number of fused-ring (bicyclic) bond motifs is 1. The van der Waals surface area contributed by atoms with Gasteiger partial charge in [0.2, 0.25) is 5.91 Å². The number of amides is 2. The monoisotopic (exact) mass is 358 g/mol. The van der Waals surface area contributed by atoms with Crippen molar-refractivity contribution in [2.45, 2.75) is 25.1 Å². The minimum absolute atomic E-state index is 0.162. The van der Waals surface area contributed by atoms with Crippen LogP contribution in [0, 0.1) is 11.7 Å². The van der Waals surface area contributed by atoms with Crippen molar-refractivity contribution in [3.05, 3.63) is 59.8 Å². The Morgan fingerprint density at radius 3 is 2.92 bits per heavy atom. The third-order valence-electron chi connectivity index (χ3n) is 4.98. The van der Waals surface area contributed by atoms with Crippen LogP contribution in [-0.2, 0) is 16.1 Å². The summed E-state index contributed by atoms with van der Waals surface area (Å²) in [7, 11) is 0. The van der Waals surface area contributed by atoms with Crippen LogP contribution in [0.25, 0.3) is 0 Å². The van der Waals surface area contributed by atoms with Gasteiger partial charge in [0.15, 0.2) is 0 Å². The van der Waals surface area contributed by atoms with Gasteiger partial charge >= 0.3 is 0 Å². The summed E-state index contributed by atoms with van der Waals surface area (Å²) in [5.41, 5.74) is 0.285. The molecule has 2 aliphatic heterocycles. The van der Waals surface area contributed by atoms with Crippen molar-refractivity contribution >= 4 is 11.8 Å². The molecule has 0 spiro atoms. The Morgan fingerprint density at radius 2 is 2.15 bits per heavy atom. The number of carbonyl (C=O) groups excluding carboxylic acids is 2. The topological polar surface area (TPSA) is 71.8 Å². The Morgan fingerprint density at radius 1 is 1.27 bits per heavy atom. The molecule has 0 unspecified atom stereocenters. The fourth-order valence-electron chi connectivity index (χ4n) is 3.74. The third-order valence-corrected chi connectivity index (χ3v) is 4.98. The lowest BCUT2D eigenvalue weighted by atomic mass is 10.0. The predicted octanol–water partition coefficient (Wildman–Crippen LogP) is 1.96. The Kier molecular flexibility index (Phi) is 4.46. The lowest BCUT2D eigenvalue weighted by Crippen LogP contribution is -2.37. The van der Waals surface area contributed by atoms with Gasteiger partial charge < -0.3 is 19.4 Å². The van der Waals surface area contributed by atoms with Gasteiger partial charge in [0.1, 0.15) is 11.6 Å². The van der Waals surface area contributed by atoms with Crippen LogP contribution in [0.1, 0.15) is 22.5 Å². The van der Waals surface area contributed by atoms with Crippen LogP contribution in [0.2, 0.25) is 0 Å². The molecule has 136 valence electrons. The second-order valence-electron chi connectivity index (χ2n) is 6.56. The first-order valence-electron chi connectivity index (χ1n) is 8.62. The number of ether oxygens (including phenoxy) is 1. The molecule has 1 N–H and O–H groups in total. The van der Waals surface area contributed by atoms with Crippen molar-refractivity contribution in [1.29, 1.82) is 0 Å². The molecule has 0 bridgehead atoms. The van der Waals surface area contributed by atoms with Crippen LogP contribution in [0.3, 0.4) is 0 Å². The number of likely N-dealkylation sites (tertiary alicyclic amines) is 1. The van der Waals surface area contributed by atoms with Gasteiger partial charge in [-0.15, -0.1) is 0 Å². The second-order valence-corrected chi connectivity index (χ2v) is 6.56. The summed E-state index contributed by atoms with van der Waals surface area (Å²) in [6, 6.07) is 8.99. The highest BCUT2D eigenvalue weighted by Gasteiger charge is 2.50. The van der Waals surface area contributed by atoms with Crippen LogP contribution in [-0.4, -0.2) is 42.0 Å². The van der Waals surface area contributed by atoms with Gasteiger partial charge in [0.05, 0.1) is 30.9 Å².